The lowest BCUT2D eigenvalue weighted by molar-refractivity contribution is 0.119. The maximum Gasteiger partial charge on any atom is 0.315 e. The summed E-state index contributed by atoms with van der Waals surface area (Å²) in [4.78, 5) is 11.7. The van der Waals surface area contributed by atoms with E-state index in [1.165, 1.54) is 0 Å². The van der Waals surface area contributed by atoms with Crippen LogP contribution in [0.1, 0.15) is 33.6 Å². The predicted octanol–water partition coefficient (Wildman–Crippen LogP) is 0.853. The van der Waals surface area contributed by atoms with Crippen LogP contribution in [-0.4, -0.2) is 43.9 Å². The van der Waals surface area contributed by atoms with Gasteiger partial charge in [0.05, 0.1) is 12.1 Å². The highest BCUT2D eigenvalue weighted by Crippen LogP contribution is 2.18. The van der Waals surface area contributed by atoms with E-state index in [9.17, 15) is 4.79 Å². The van der Waals surface area contributed by atoms with Crippen molar-refractivity contribution in [2.24, 2.45) is 0 Å². The first-order chi connectivity index (χ1) is 7.87. The predicted molar refractivity (Wildman–Crippen MR) is 68.1 cm³/mol. The lowest BCUT2D eigenvalue weighted by Gasteiger charge is -2.30. The van der Waals surface area contributed by atoms with Crippen LogP contribution in [0, 0.1) is 0 Å². The van der Waals surface area contributed by atoms with Crippen LogP contribution in [0.5, 0.6) is 0 Å². The minimum atomic E-state index is -0.207. The molecule has 1 rings (SSSR count). The topological polar surface area (TPSA) is 62.4 Å². The van der Waals surface area contributed by atoms with Crippen molar-refractivity contribution in [3.8, 4) is 0 Å². The largest absolute Gasteiger partial charge is 0.383 e. The van der Waals surface area contributed by atoms with Crippen LogP contribution in [0.4, 0.5) is 4.79 Å². The number of nitrogens with one attached hydrogen (secondary N) is 3. The molecule has 0 aromatic rings. The van der Waals surface area contributed by atoms with Crippen molar-refractivity contribution in [2.45, 2.75) is 44.7 Å². The molecule has 17 heavy (non-hydrogen) atoms. The monoisotopic (exact) mass is 243 g/mol. The third-order valence-corrected chi connectivity index (χ3v) is 2.83. The summed E-state index contributed by atoms with van der Waals surface area (Å²) >= 11 is 0. The van der Waals surface area contributed by atoms with Crippen molar-refractivity contribution < 1.29 is 9.53 Å². The van der Waals surface area contributed by atoms with E-state index in [0.29, 0.717) is 13.2 Å². The van der Waals surface area contributed by atoms with Gasteiger partial charge in [0.1, 0.15) is 0 Å². The molecule has 0 spiro atoms. The Kier molecular flexibility index (Phi) is 4.77. The summed E-state index contributed by atoms with van der Waals surface area (Å²) < 4.78 is 5.23. The number of carbonyl (C=O) groups is 1. The molecular formula is C12H25N3O2. The zero-order valence-electron chi connectivity index (χ0n) is 11.4. The maximum absolute atomic E-state index is 11.7. The van der Waals surface area contributed by atoms with E-state index >= 15 is 0 Å². The Morgan fingerprint density at radius 3 is 2.65 bits per heavy atom. The Bertz CT molecular complexity index is 255. The van der Waals surface area contributed by atoms with E-state index in [4.69, 9.17) is 4.74 Å². The van der Waals surface area contributed by atoms with Gasteiger partial charge in [-0.1, -0.05) is 0 Å². The second kappa shape index (κ2) is 5.69. The van der Waals surface area contributed by atoms with E-state index < -0.39 is 0 Å². The number of urea groups is 1. The summed E-state index contributed by atoms with van der Waals surface area (Å²) in [7, 11) is 1.69. The molecule has 1 unspecified atom stereocenters. The van der Waals surface area contributed by atoms with Crippen LogP contribution in [0.25, 0.3) is 0 Å². The van der Waals surface area contributed by atoms with Crippen molar-refractivity contribution >= 4 is 6.03 Å². The van der Waals surface area contributed by atoms with Crippen molar-refractivity contribution in [1.82, 2.24) is 16.0 Å². The van der Waals surface area contributed by atoms with Gasteiger partial charge in [-0.15, -0.1) is 0 Å². The summed E-state index contributed by atoms with van der Waals surface area (Å²) in [5.41, 5.74) is -0.300. The first-order valence-corrected chi connectivity index (χ1v) is 6.17. The highest BCUT2D eigenvalue weighted by Gasteiger charge is 2.33. The molecule has 1 saturated heterocycles. The summed E-state index contributed by atoms with van der Waals surface area (Å²) in [6, 6.07) is -0.123. The highest BCUT2D eigenvalue weighted by atomic mass is 16.5. The van der Waals surface area contributed by atoms with Crippen LogP contribution in [0.2, 0.25) is 0 Å². The van der Waals surface area contributed by atoms with Gasteiger partial charge >= 0.3 is 6.03 Å². The third kappa shape index (κ3) is 4.91. The van der Waals surface area contributed by atoms with Gasteiger partial charge in [0.2, 0.25) is 0 Å². The molecule has 100 valence electrons. The van der Waals surface area contributed by atoms with Gasteiger partial charge in [-0.05, 0) is 40.2 Å². The SMILES string of the molecule is COCC1(CNC(=O)NC(C)(C)C)CCCN1. The summed E-state index contributed by atoms with van der Waals surface area (Å²) in [6.07, 6.45) is 2.17. The normalized spacial score (nSPS) is 24.7. The molecule has 0 aromatic carbocycles. The molecule has 1 heterocycles. The zero-order chi connectivity index (χ0) is 12.9. The molecule has 0 aliphatic carbocycles. The minimum Gasteiger partial charge on any atom is -0.383 e. The van der Waals surface area contributed by atoms with Gasteiger partial charge in [-0.3, -0.25) is 0 Å². The van der Waals surface area contributed by atoms with Gasteiger partial charge in [0.25, 0.3) is 0 Å². The molecule has 1 aliphatic rings. The fourth-order valence-electron chi connectivity index (χ4n) is 2.10. The Hall–Kier alpha value is -0.810. The fourth-order valence-corrected chi connectivity index (χ4v) is 2.10. The highest BCUT2D eigenvalue weighted by molar-refractivity contribution is 5.74. The summed E-state index contributed by atoms with van der Waals surface area (Å²) in [6.45, 7) is 8.11. The molecule has 1 aliphatic heterocycles. The average Bonchev–Trinajstić information content (AvgIpc) is 2.62. The number of rotatable bonds is 4. The number of amides is 2. The van der Waals surface area contributed by atoms with Crippen LogP contribution in [0.15, 0.2) is 0 Å². The minimum absolute atomic E-state index is 0.0933. The van der Waals surface area contributed by atoms with Crippen molar-refractivity contribution in [3.05, 3.63) is 0 Å². The molecule has 0 radical (unpaired) electrons. The van der Waals surface area contributed by atoms with Crippen molar-refractivity contribution in [3.63, 3.8) is 0 Å². The molecule has 5 nitrogen and oxygen atoms in total. The fraction of sp³-hybridized carbons (Fsp3) is 0.917. The number of methoxy groups -OCH3 is 1. The lowest BCUT2D eigenvalue weighted by Crippen LogP contribution is -2.56. The number of hydrogen-bond acceptors (Lipinski definition) is 3. The van der Waals surface area contributed by atoms with Gasteiger partial charge in [-0.25, -0.2) is 4.79 Å². The molecule has 0 bridgehead atoms. The molecule has 1 atom stereocenters. The van der Waals surface area contributed by atoms with E-state index in [0.717, 1.165) is 19.4 Å². The second-order valence-electron chi connectivity index (χ2n) is 5.80. The zero-order valence-corrected chi connectivity index (χ0v) is 11.4. The van der Waals surface area contributed by atoms with Crippen LogP contribution in [0.3, 0.4) is 0 Å². The standard InChI is InChI=1S/C12H25N3O2/c1-11(2,3)15-10(16)13-8-12(9-17-4)6-5-7-14-12/h14H,5-9H2,1-4H3,(H2,13,15,16). The number of hydrogen-bond donors (Lipinski definition) is 3. The van der Waals surface area contributed by atoms with Gasteiger partial charge < -0.3 is 20.7 Å². The Morgan fingerprint density at radius 2 is 2.18 bits per heavy atom. The second-order valence-corrected chi connectivity index (χ2v) is 5.80. The Labute approximate surface area is 104 Å². The smallest absolute Gasteiger partial charge is 0.315 e. The van der Waals surface area contributed by atoms with Gasteiger partial charge in [-0.2, -0.15) is 0 Å². The molecule has 5 heteroatoms. The quantitative estimate of drug-likeness (QED) is 0.686. The van der Waals surface area contributed by atoms with Crippen LogP contribution >= 0.6 is 0 Å². The van der Waals surface area contributed by atoms with E-state index in [1.807, 2.05) is 20.8 Å². The molecule has 0 saturated carbocycles. The molecule has 3 N–H and O–H groups in total. The first kappa shape index (κ1) is 14.3. The average molecular weight is 243 g/mol. The molecule has 2 amide bonds. The van der Waals surface area contributed by atoms with Crippen LogP contribution in [-0.2, 0) is 4.74 Å². The molecule has 0 aromatic heterocycles. The van der Waals surface area contributed by atoms with E-state index in [1.54, 1.807) is 7.11 Å². The van der Waals surface area contributed by atoms with Gasteiger partial charge in [0, 0.05) is 19.2 Å². The Morgan fingerprint density at radius 1 is 1.47 bits per heavy atom. The third-order valence-electron chi connectivity index (χ3n) is 2.83. The lowest BCUT2D eigenvalue weighted by atomic mass is 9.99. The van der Waals surface area contributed by atoms with Crippen molar-refractivity contribution in [1.29, 1.82) is 0 Å². The Balaban J connectivity index is 2.39. The van der Waals surface area contributed by atoms with Crippen LogP contribution < -0.4 is 16.0 Å². The maximum atomic E-state index is 11.7. The van der Waals surface area contributed by atoms with E-state index in [-0.39, 0.29) is 17.1 Å². The first-order valence-electron chi connectivity index (χ1n) is 6.17. The van der Waals surface area contributed by atoms with Gasteiger partial charge in [0.15, 0.2) is 0 Å². The molecule has 1 fully saturated rings. The number of carbonyl (C=O) groups excluding carboxylic acids is 1. The van der Waals surface area contributed by atoms with Crippen molar-refractivity contribution in [2.75, 3.05) is 26.8 Å². The van der Waals surface area contributed by atoms with E-state index in [2.05, 4.69) is 16.0 Å². The summed E-state index contributed by atoms with van der Waals surface area (Å²) in [5, 5.41) is 9.22. The molecular weight excluding hydrogens is 218 g/mol. The number of ether oxygens (including phenoxy) is 1. The summed E-state index contributed by atoms with van der Waals surface area (Å²) in [5.74, 6) is 0.